The molecule has 0 aliphatic rings. The zero-order chi connectivity index (χ0) is 13.7. The molecule has 0 unspecified atom stereocenters. The van der Waals surface area contributed by atoms with Crippen molar-refractivity contribution in [1.29, 1.82) is 0 Å². The number of rotatable bonds is 5. The highest BCUT2D eigenvalue weighted by atomic mass is 35.5. The fourth-order valence-electron chi connectivity index (χ4n) is 1.81. The molecule has 0 aliphatic carbocycles. The minimum absolute atomic E-state index is 0.0286. The summed E-state index contributed by atoms with van der Waals surface area (Å²) >= 11 is 5.92. The molecule has 2 rings (SSSR count). The number of aliphatic hydroxyl groups excluding tert-OH is 1. The fourth-order valence-corrected chi connectivity index (χ4v) is 1.95. The number of benzene rings is 1. The molecular formula is C13H14ClN3O2. The lowest BCUT2D eigenvalue weighted by Gasteiger charge is -2.19. The van der Waals surface area contributed by atoms with Crippen molar-refractivity contribution < 1.29 is 5.11 Å². The first kappa shape index (κ1) is 13.6. The van der Waals surface area contributed by atoms with Gasteiger partial charge in [-0.2, -0.15) is 5.10 Å². The van der Waals surface area contributed by atoms with Crippen LogP contribution in [0, 0.1) is 0 Å². The SMILES string of the molecule is O=c1[nH]ncc(N[C@H](CCO)c2ccccc2)c1Cl. The molecule has 0 saturated carbocycles. The van der Waals surface area contributed by atoms with Gasteiger partial charge in [0, 0.05) is 6.61 Å². The smallest absolute Gasteiger partial charge is 0.285 e. The quantitative estimate of drug-likeness (QED) is 0.782. The molecule has 5 nitrogen and oxygen atoms in total. The maximum absolute atomic E-state index is 11.4. The Hall–Kier alpha value is -1.85. The van der Waals surface area contributed by atoms with Gasteiger partial charge in [0.25, 0.3) is 5.56 Å². The van der Waals surface area contributed by atoms with Crippen molar-refractivity contribution in [3.05, 3.63) is 57.5 Å². The summed E-state index contributed by atoms with van der Waals surface area (Å²) in [6.07, 6.45) is 1.96. The monoisotopic (exact) mass is 279 g/mol. The van der Waals surface area contributed by atoms with Gasteiger partial charge in [0.05, 0.1) is 17.9 Å². The van der Waals surface area contributed by atoms with E-state index >= 15 is 0 Å². The summed E-state index contributed by atoms with van der Waals surface area (Å²) in [6, 6.07) is 9.51. The van der Waals surface area contributed by atoms with Crippen LogP contribution in [-0.4, -0.2) is 21.9 Å². The molecule has 6 heteroatoms. The number of nitrogens with one attached hydrogen (secondary N) is 2. The molecule has 19 heavy (non-hydrogen) atoms. The standard InChI is InChI=1S/C13H14ClN3O2/c14-12-11(8-15-17-13(12)19)16-10(6-7-18)9-4-2-1-3-5-9/h1-5,8,10,18H,6-7H2,(H2,16,17,19)/t10-/m1/s1. The van der Waals surface area contributed by atoms with E-state index < -0.39 is 5.56 Å². The third-order valence-corrected chi connectivity index (χ3v) is 3.12. The Morgan fingerprint density at radius 3 is 2.79 bits per heavy atom. The fraction of sp³-hybridized carbons (Fsp3) is 0.231. The van der Waals surface area contributed by atoms with Crippen molar-refractivity contribution in [3.8, 4) is 0 Å². The Morgan fingerprint density at radius 1 is 1.37 bits per heavy atom. The number of aromatic nitrogens is 2. The Balaban J connectivity index is 2.27. The van der Waals surface area contributed by atoms with Crippen molar-refractivity contribution >= 4 is 17.3 Å². The Bertz CT molecular complexity index is 586. The molecule has 0 fully saturated rings. The van der Waals surface area contributed by atoms with Crippen LogP contribution < -0.4 is 10.9 Å². The van der Waals surface area contributed by atoms with Crippen molar-refractivity contribution in [2.75, 3.05) is 11.9 Å². The average Bonchev–Trinajstić information content (AvgIpc) is 2.44. The van der Waals surface area contributed by atoms with Gasteiger partial charge in [-0.1, -0.05) is 41.9 Å². The third kappa shape index (κ3) is 3.33. The first-order valence-electron chi connectivity index (χ1n) is 5.88. The second-order valence-electron chi connectivity index (χ2n) is 4.05. The molecule has 1 aromatic heterocycles. The van der Waals surface area contributed by atoms with Crippen molar-refractivity contribution in [2.45, 2.75) is 12.5 Å². The summed E-state index contributed by atoms with van der Waals surface area (Å²) in [7, 11) is 0. The highest BCUT2D eigenvalue weighted by Gasteiger charge is 2.13. The zero-order valence-corrected chi connectivity index (χ0v) is 10.9. The van der Waals surface area contributed by atoms with Gasteiger partial charge in [-0.3, -0.25) is 4.79 Å². The molecule has 0 aliphatic heterocycles. The lowest BCUT2D eigenvalue weighted by Crippen LogP contribution is -2.16. The van der Waals surface area contributed by atoms with Crippen LogP contribution in [0.15, 0.2) is 41.3 Å². The summed E-state index contributed by atoms with van der Waals surface area (Å²) < 4.78 is 0. The molecular weight excluding hydrogens is 266 g/mol. The molecule has 1 atom stereocenters. The summed E-state index contributed by atoms with van der Waals surface area (Å²) in [6.45, 7) is 0.0286. The van der Waals surface area contributed by atoms with E-state index in [1.54, 1.807) is 0 Å². The first-order chi connectivity index (χ1) is 9.22. The van der Waals surface area contributed by atoms with Crippen LogP contribution in [-0.2, 0) is 0 Å². The topological polar surface area (TPSA) is 78.0 Å². The van der Waals surface area contributed by atoms with Crippen LogP contribution in [0.1, 0.15) is 18.0 Å². The number of anilines is 1. The van der Waals surface area contributed by atoms with Crippen LogP contribution in [0.25, 0.3) is 0 Å². The van der Waals surface area contributed by atoms with E-state index in [1.807, 2.05) is 30.3 Å². The number of H-pyrrole nitrogens is 1. The first-order valence-corrected chi connectivity index (χ1v) is 6.25. The minimum atomic E-state index is -0.442. The molecule has 0 saturated heterocycles. The lowest BCUT2D eigenvalue weighted by molar-refractivity contribution is 0.280. The van der Waals surface area contributed by atoms with E-state index in [1.165, 1.54) is 6.20 Å². The highest BCUT2D eigenvalue weighted by Crippen LogP contribution is 2.24. The predicted octanol–water partition coefficient (Wildman–Crippen LogP) is 1.96. The zero-order valence-electron chi connectivity index (χ0n) is 10.1. The molecule has 0 spiro atoms. The van der Waals surface area contributed by atoms with Gasteiger partial charge in [0.15, 0.2) is 0 Å². The number of aliphatic hydroxyl groups is 1. The number of nitrogens with zero attached hydrogens (tertiary/aromatic N) is 1. The van der Waals surface area contributed by atoms with E-state index in [0.717, 1.165) is 5.56 Å². The number of hydrogen-bond donors (Lipinski definition) is 3. The van der Waals surface area contributed by atoms with Gasteiger partial charge in [-0.25, -0.2) is 5.10 Å². The van der Waals surface area contributed by atoms with Gasteiger partial charge in [0.2, 0.25) is 0 Å². The Morgan fingerprint density at radius 2 is 2.11 bits per heavy atom. The van der Waals surface area contributed by atoms with Crippen LogP contribution >= 0.6 is 11.6 Å². The highest BCUT2D eigenvalue weighted by molar-refractivity contribution is 6.32. The van der Waals surface area contributed by atoms with Crippen molar-refractivity contribution in [3.63, 3.8) is 0 Å². The van der Waals surface area contributed by atoms with E-state index in [4.69, 9.17) is 16.7 Å². The molecule has 0 bridgehead atoms. The number of halogens is 1. The van der Waals surface area contributed by atoms with Gasteiger partial charge in [-0.05, 0) is 12.0 Å². The maximum Gasteiger partial charge on any atom is 0.285 e. The molecule has 2 aromatic rings. The minimum Gasteiger partial charge on any atom is -0.396 e. The van der Waals surface area contributed by atoms with Gasteiger partial charge in [0.1, 0.15) is 5.02 Å². The molecule has 1 heterocycles. The van der Waals surface area contributed by atoms with E-state index in [-0.39, 0.29) is 17.7 Å². The van der Waals surface area contributed by atoms with Gasteiger partial charge in [-0.15, -0.1) is 0 Å². The lowest BCUT2D eigenvalue weighted by atomic mass is 10.0. The predicted molar refractivity (Wildman–Crippen MR) is 74.4 cm³/mol. The Kier molecular flexibility index (Phi) is 4.54. The molecule has 3 N–H and O–H groups in total. The molecule has 1 aromatic carbocycles. The number of hydrogen-bond acceptors (Lipinski definition) is 4. The van der Waals surface area contributed by atoms with Crippen molar-refractivity contribution in [1.82, 2.24) is 10.2 Å². The summed E-state index contributed by atoms with van der Waals surface area (Å²) in [4.78, 5) is 11.4. The van der Waals surface area contributed by atoms with Crippen LogP contribution in [0.3, 0.4) is 0 Å². The second kappa shape index (κ2) is 6.36. The Labute approximate surface area is 115 Å². The van der Waals surface area contributed by atoms with Gasteiger partial charge >= 0.3 is 0 Å². The largest absolute Gasteiger partial charge is 0.396 e. The molecule has 0 amide bonds. The summed E-state index contributed by atoms with van der Waals surface area (Å²) in [5.74, 6) is 0. The average molecular weight is 280 g/mol. The number of aromatic amines is 1. The van der Waals surface area contributed by atoms with Crippen LogP contribution in [0.5, 0.6) is 0 Å². The normalized spacial score (nSPS) is 12.1. The molecule has 0 radical (unpaired) electrons. The van der Waals surface area contributed by atoms with E-state index in [2.05, 4.69) is 15.5 Å². The summed E-state index contributed by atoms with van der Waals surface area (Å²) in [5.41, 5.74) is 1.02. The van der Waals surface area contributed by atoms with Crippen LogP contribution in [0.2, 0.25) is 5.02 Å². The third-order valence-electron chi connectivity index (χ3n) is 2.75. The van der Waals surface area contributed by atoms with Crippen molar-refractivity contribution in [2.24, 2.45) is 0 Å². The van der Waals surface area contributed by atoms with Gasteiger partial charge < -0.3 is 10.4 Å². The van der Waals surface area contributed by atoms with E-state index in [0.29, 0.717) is 12.1 Å². The molecule has 100 valence electrons. The van der Waals surface area contributed by atoms with E-state index in [9.17, 15) is 4.79 Å². The van der Waals surface area contributed by atoms with Crippen LogP contribution in [0.4, 0.5) is 5.69 Å². The maximum atomic E-state index is 11.4. The second-order valence-corrected chi connectivity index (χ2v) is 4.42. The summed E-state index contributed by atoms with van der Waals surface area (Å²) in [5, 5.41) is 18.3.